The van der Waals surface area contributed by atoms with Gasteiger partial charge in [-0.3, -0.25) is 0 Å². The van der Waals surface area contributed by atoms with Gasteiger partial charge in [-0.25, -0.2) is 4.98 Å². The maximum Gasteiger partial charge on any atom is 0.254 e. The molecule has 2 aromatic heterocycles. The van der Waals surface area contributed by atoms with Gasteiger partial charge in [0.1, 0.15) is 5.15 Å². The molecule has 0 saturated heterocycles. The van der Waals surface area contributed by atoms with Gasteiger partial charge in [-0.15, -0.1) is 5.10 Å². The van der Waals surface area contributed by atoms with Crippen LogP contribution in [0.25, 0.3) is 5.78 Å². The van der Waals surface area contributed by atoms with E-state index in [0.29, 0.717) is 16.8 Å². The highest BCUT2D eigenvalue weighted by atomic mass is 35.5. The summed E-state index contributed by atoms with van der Waals surface area (Å²) in [6.45, 7) is 0. The minimum atomic E-state index is 0.544. The number of halogens is 1. The molecule has 0 amide bonds. The van der Waals surface area contributed by atoms with Crippen LogP contribution in [-0.2, 0) is 11.5 Å². The van der Waals surface area contributed by atoms with E-state index in [4.69, 9.17) is 11.6 Å². The first-order chi connectivity index (χ1) is 7.83. The summed E-state index contributed by atoms with van der Waals surface area (Å²) in [7, 11) is 0. The predicted molar refractivity (Wildman–Crippen MR) is 62.8 cm³/mol. The van der Waals surface area contributed by atoms with Crippen LogP contribution >= 0.6 is 23.4 Å². The van der Waals surface area contributed by atoms with Crippen molar-refractivity contribution < 1.29 is 0 Å². The van der Waals surface area contributed by atoms with Gasteiger partial charge < -0.3 is 0 Å². The number of fused-ring (bicyclic) bond motifs is 2. The molecule has 1 fully saturated rings. The van der Waals surface area contributed by atoms with Gasteiger partial charge >= 0.3 is 0 Å². The molecule has 0 bridgehead atoms. The molecular weight excluding hydrogens is 244 g/mol. The number of aromatic nitrogens is 4. The summed E-state index contributed by atoms with van der Waals surface area (Å²) in [5, 5.41) is 5.15. The van der Waals surface area contributed by atoms with Crippen molar-refractivity contribution >= 4 is 29.1 Å². The molecule has 1 aliphatic carbocycles. The second kappa shape index (κ2) is 3.11. The highest BCUT2D eigenvalue weighted by Gasteiger charge is 2.29. The topological polar surface area (TPSA) is 43.1 Å². The molecule has 16 heavy (non-hydrogen) atoms. The molecule has 2 aliphatic rings. The van der Waals surface area contributed by atoms with E-state index in [-0.39, 0.29) is 0 Å². The highest BCUT2D eigenvalue weighted by molar-refractivity contribution is 7.98. The fourth-order valence-electron chi connectivity index (χ4n) is 1.98. The molecule has 0 radical (unpaired) electrons. The van der Waals surface area contributed by atoms with Crippen molar-refractivity contribution in [2.75, 3.05) is 0 Å². The Morgan fingerprint density at radius 1 is 1.25 bits per heavy atom. The molecule has 4 rings (SSSR count). The first-order valence-electron chi connectivity index (χ1n) is 5.34. The van der Waals surface area contributed by atoms with Crippen molar-refractivity contribution in [3.63, 3.8) is 0 Å². The van der Waals surface area contributed by atoms with E-state index in [1.807, 2.05) is 11.8 Å². The Hall–Kier alpha value is -0.810. The number of hydrogen-bond acceptors (Lipinski definition) is 4. The zero-order chi connectivity index (χ0) is 10.7. The fourth-order valence-corrected chi connectivity index (χ4v) is 3.40. The Bertz CT molecular complexity index is 590. The Morgan fingerprint density at radius 3 is 2.94 bits per heavy atom. The average molecular weight is 253 g/mol. The number of thioether (sulfide) groups is 1. The number of rotatable bonds is 1. The minimum absolute atomic E-state index is 0.544. The van der Waals surface area contributed by atoms with Crippen LogP contribution in [0.1, 0.15) is 35.8 Å². The van der Waals surface area contributed by atoms with E-state index in [1.54, 1.807) is 4.52 Å². The van der Waals surface area contributed by atoms with E-state index in [2.05, 4.69) is 15.1 Å². The van der Waals surface area contributed by atoms with Gasteiger partial charge in [0.05, 0.1) is 5.69 Å². The molecule has 4 nitrogen and oxygen atoms in total. The second-order valence-corrected chi connectivity index (χ2v) is 5.62. The third-order valence-electron chi connectivity index (χ3n) is 3.05. The zero-order valence-corrected chi connectivity index (χ0v) is 10.1. The van der Waals surface area contributed by atoms with Gasteiger partial charge in [0.2, 0.25) is 0 Å². The molecule has 1 saturated carbocycles. The second-order valence-electron chi connectivity index (χ2n) is 4.28. The smallest absolute Gasteiger partial charge is 0.215 e. The Morgan fingerprint density at radius 2 is 2.12 bits per heavy atom. The first kappa shape index (κ1) is 9.24. The van der Waals surface area contributed by atoms with Gasteiger partial charge in [-0.2, -0.15) is 21.3 Å². The molecule has 2 aromatic rings. The van der Waals surface area contributed by atoms with E-state index in [9.17, 15) is 0 Å². The molecule has 0 unspecified atom stereocenters. The van der Waals surface area contributed by atoms with Gasteiger partial charge in [-0.05, 0) is 12.8 Å². The largest absolute Gasteiger partial charge is 0.254 e. The van der Waals surface area contributed by atoms with Crippen molar-refractivity contribution in [1.29, 1.82) is 0 Å². The van der Waals surface area contributed by atoms with Crippen molar-refractivity contribution in [3.05, 3.63) is 22.2 Å². The molecule has 3 heterocycles. The SMILES string of the molecule is Clc1c2c(nc3nc(C4CC4)nn13)CSC2. The molecule has 0 atom stereocenters. The lowest BCUT2D eigenvalue weighted by Crippen LogP contribution is -1.99. The van der Waals surface area contributed by atoms with Crippen molar-refractivity contribution in [3.8, 4) is 0 Å². The van der Waals surface area contributed by atoms with Crippen LogP contribution in [0.2, 0.25) is 5.15 Å². The van der Waals surface area contributed by atoms with Gasteiger partial charge in [0.25, 0.3) is 5.78 Å². The molecular formula is C10H9ClN4S. The van der Waals surface area contributed by atoms with Crippen LogP contribution in [0.3, 0.4) is 0 Å². The van der Waals surface area contributed by atoms with E-state index in [1.165, 1.54) is 12.8 Å². The quantitative estimate of drug-likeness (QED) is 0.731. The summed E-state index contributed by atoms with van der Waals surface area (Å²) in [6, 6.07) is 0. The molecule has 0 N–H and O–H groups in total. The van der Waals surface area contributed by atoms with Crippen LogP contribution in [-0.4, -0.2) is 19.6 Å². The summed E-state index contributed by atoms with van der Waals surface area (Å²) in [4.78, 5) is 8.99. The van der Waals surface area contributed by atoms with Crippen LogP contribution in [0.4, 0.5) is 0 Å². The minimum Gasteiger partial charge on any atom is -0.215 e. The third kappa shape index (κ3) is 1.21. The standard InChI is InChI=1S/C10H9ClN4S/c11-8-6-3-16-4-7(6)12-10-13-9(5-1-2-5)14-15(8)10/h5H,1-4H2. The van der Waals surface area contributed by atoms with Crippen molar-refractivity contribution in [1.82, 2.24) is 19.6 Å². The summed E-state index contributed by atoms with van der Waals surface area (Å²) in [5.41, 5.74) is 2.21. The molecule has 82 valence electrons. The lowest BCUT2D eigenvalue weighted by molar-refractivity contribution is 0.864. The Labute approximate surface area is 101 Å². The van der Waals surface area contributed by atoms with Gasteiger partial charge in [0.15, 0.2) is 5.82 Å². The molecule has 0 spiro atoms. The zero-order valence-electron chi connectivity index (χ0n) is 8.48. The van der Waals surface area contributed by atoms with E-state index in [0.717, 1.165) is 28.6 Å². The molecule has 0 aromatic carbocycles. The number of nitrogens with zero attached hydrogens (tertiary/aromatic N) is 4. The lowest BCUT2D eigenvalue weighted by atomic mass is 10.3. The fraction of sp³-hybridized carbons (Fsp3) is 0.500. The Balaban J connectivity index is 2.00. The predicted octanol–water partition coefficient (Wildman–Crippen LogP) is 2.40. The van der Waals surface area contributed by atoms with Crippen LogP contribution in [0.5, 0.6) is 0 Å². The highest BCUT2D eigenvalue weighted by Crippen LogP contribution is 2.39. The maximum absolute atomic E-state index is 6.33. The maximum atomic E-state index is 6.33. The van der Waals surface area contributed by atoms with Crippen molar-refractivity contribution in [2.45, 2.75) is 30.3 Å². The van der Waals surface area contributed by atoms with Gasteiger partial charge in [-0.1, -0.05) is 11.6 Å². The summed E-state index contributed by atoms with van der Waals surface area (Å²) >= 11 is 8.17. The normalized spacial score (nSPS) is 19.3. The monoisotopic (exact) mass is 252 g/mol. The summed E-state index contributed by atoms with van der Waals surface area (Å²) in [5.74, 6) is 3.99. The lowest BCUT2D eigenvalue weighted by Gasteiger charge is -2.01. The van der Waals surface area contributed by atoms with Crippen molar-refractivity contribution in [2.24, 2.45) is 0 Å². The van der Waals surface area contributed by atoms with Crippen LogP contribution in [0.15, 0.2) is 0 Å². The number of hydrogen-bond donors (Lipinski definition) is 0. The van der Waals surface area contributed by atoms with Crippen LogP contribution < -0.4 is 0 Å². The average Bonchev–Trinajstić information content (AvgIpc) is 2.87. The molecule has 6 heteroatoms. The first-order valence-corrected chi connectivity index (χ1v) is 6.88. The summed E-state index contributed by atoms with van der Waals surface area (Å²) < 4.78 is 1.69. The van der Waals surface area contributed by atoms with E-state index < -0.39 is 0 Å². The Kier molecular flexibility index (Phi) is 1.79. The van der Waals surface area contributed by atoms with Gasteiger partial charge in [0, 0.05) is 23.0 Å². The third-order valence-corrected chi connectivity index (χ3v) is 4.41. The molecule has 1 aliphatic heterocycles. The van der Waals surface area contributed by atoms with E-state index >= 15 is 0 Å². The van der Waals surface area contributed by atoms with Crippen LogP contribution in [0, 0.1) is 0 Å². The summed E-state index contributed by atoms with van der Waals surface area (Å²) in [6.07, 6.45) is 2.40.